The van der Waals surface area contributed by atoms with Crippen molar-refractivity contribution in [2.75, 3.05) is 11.9 Å². The number of benzene rings is 2. The Morgan fingerprint density at radius 2 is 1.35 bits per heavy atom. The average Bonchev–Trinajstić information content (AvgIpc) is 2.61. The van der Waals surface area contributed by atoms with E-state index in [1.54, 1.807) is 0 Å². The van der Waals surface area contributed by atoms with Crippen LogP contribution in [0.25, 0.3) is 22.5 Å². The number of nitrogens with one attached hydrogen (secondary N) is 1. The van der Waals surface area contributed by atoms with Crippen molar-refractivity contribution in [1.82, 2.24) is 9.97 Å². The number of aryl methyl sites for hydroxylation is 1. The van der Waals surface area contributed by atoms with Crippen LogP contribution in [-0.2, 0) is 6.42 Å². The van der Waals surface area contributed by atoms with Gasteiger partial charge < -0.3 is 5.32 Å². The first-order chi connectivity index (χ1) is 12.5. The highest BCUT2D eigenvalue weighted by molar-refractivity contribution is 5.80. The van der Waals surface area contributed by atoms with Crippen LogP contribution in [0.3, 0.4) is 0 Å². The molecule has 1 aliphatic heterocycles. The fourth-order valence-electron chi connectivity index (χ4n) is 2.99. The standard InChI is InChI=1S/C19H13F4N3/c20-10-3-5-12(14(22)8-10)17-18(13-6-4-11(21)9-15(13)23)26-19-16(25-17)2-1-7-24-19/h3-6,8-9H,1-2,7H2,(H,24,26). The van der Waals surface area contributed by atoms with Crippen LogP contribution < -0.4 is 5.32 Å². The Labute approximate surface area is 146 Å². The van der Waals surface area contributed by atoms with Crippen LogP contribution in [0.4, 0.5) is 23.4 Å². The third-order valence-corrected chi connectivity index (χ3v) is 4.22. The van der Waals surface area contributed by atoms with Gasteiger partial charge in [-0.15, -0.1) is 0 Å². The van der Waals surface area contributed by atoms with Crippen LogP contribution in [0, 0.1) is 23.3 Å². The summed E-state index contributed by atoms with van der Waals surface area (Å²) in [7, 11) is 0. The number of rotatable bonds is 2. The van der Waals surface area contributed by atoms with E-state index in [0.29, 0.717) is 24.5 Å². The zero-order valence-corrected chi connectivity index (χ0v) is 13.5. The maximum atomic E-state index is 14.4. The molecular formula is C19H13F4N3. The molecule has 26 heavy (non-hydrogen) atoms. The van der Waals surface area contributed by atoms with E-state index in [1.165, 1.54) is 12.1 Å². The molecule has 132 valence electrons. The zero-order chi connectivity index (χ0) is 18.3. The Morgan fingerprint density at radius 3 is 1.92 bits per heavy atom. The number of anilines is 1. The second-order valence-corrected chi connectivity index (χ2v) is 5.99. The molecule has 7 heteroatoms. The lowest BCUT2D eigenvalue weighted by atomic mass is 10.0. The summed E-state index contributed by atoms with van der Waals surface area (Å²) >= 11 is 0. The molecule has 1 N–H and O–H groups in total. The van der Waals surface area contributed by atoms with Gasteiger partial charge in [0, 0.05) is 29.8 Å². The van der Waals surface area contributed by atoms with Crippen LogP contribution in [0.15, 0.2) is 36.4 Å². The lowest BCUT2D eigenvalue weighted by Gasteiger charge is -2.20. The lowest BCUT2D eigenvalue weighted by molar-refractivity contribution is 0.583. The van der Waals surface area contributed by atoms with Crippen molar-refractivity contribution in [2.24, 2.45) is 0 Å². The van der Waals surface area contributed by atoms with E-state index in [2.05, 4.69) is 15.3 Å². The number of fused-ring (bicyclic) bond motifs is 1. The first-order valence-electron chi connectivity index (χ1n) is 8.08. The van der Waals surface area contributed by atoms with Crippen LogP contribution in [0.5, 0.6) is 0 Å². The van der Waals surface area contributed by atoms with Crippen molar-refractivity contribution in [3.63, 3.8) is 0 Å². The summed E-state index contributed by atoms with van der Waals surface area (Å²) in [5.41, 5.74) is 0.789. The summed E-state index contributed by atoms with van der Waals surface area (Å²) in [6.07, 6.45) is 1.47. The van der Waals surface area contributed by atoms with Crippen LogP contribution >= 0.6 is 0 Å². The van der Waals surface area contributed by atoms with E-state index in [-0.39, 0.29) is 22.5 Å². The minimum Gasteiger partial charge on any atom is -0.369 e. The van der Waals surface area contributed by atoms with E-state index in [9.17, 15) is 17.6 Å². The Morgan fingerprint density at radius 1 is 0.769 bits per heavy atom. The molecule has 0 unspecified atom stereocenters. The van der Waals surface area contributed by atoms with E-state index in [0.717, 1.165) is 30.7 Å². The molecule has 2 aromatic carbocycles. The molecule has 0 amide bonds. The third-order valence-electron chi connectivity index (χ3n) is 4.22. The van der Waals surface area contributed by atoms with E-state index >= 15 is 0 Å². The molecular weight excluding hydrogens is 346 g/mol. The molecule has 4 rings (SSSR count). The number of nitrogens with zero attached hydrogens (tertiary/aromatic N) is 2. The Kier molecular flexibility index (Phi) is 4.06. The molecule has 0 aliphatic carbocycles. The monoisotopic (exact) mass is 359 g/mol. The largest absolute Gasteiger partial charge is 0.369 e. The minimum absolute atomic E-state index is 0.00555. The van der Waals surface area contributed by atoms with Gasteiger partial charge in [0.15, 0.2) is 0 Å². The van der Waals surface area contributed by atoms with E-state index < -0.39 is 23.3 Å². The molecule has 0 radical (unpaired) electrons. The third kappa shape index (κ3) is 2.89. The van der Waals surface area contributed by atoms with Crippen LogP contribution in [0.2, 0.25) is 0 Å². The average molecular weight is 359 g/mol. The van der Waals surface area contributed by atoms with Crippen molar-refractivity contribution in [2.45, 2.75) is 12.8 Å². The maximum absolute atomic E-state index is 14.4. The highest BCUT2D eigenvalue weighted by Gasteiger charge is 2.22. The highest BCUT2D eigenvalue weighted by Crippen LogP contribution is 2.35. The Bertz CT molecular complexity index is 924. The van der Waals surface area contributed by atoms with Crippen molar-refractivity contribution < 1.29 is 17.6 Å². The first-order valence-corrected chi connectivity index (χ1v) is 8.08. The van der Waals surface area contributed by atoms with Gasteiger partial charge in [-0.1, -0.05) is 0 Å². The Balaban J connectivity index is 1.99. The summed E-state index contributed by atoms with van der Waals surface area (Å²) in [5, 5.41) is 3.08. The van der Waals surface area contributed by atoms with Gasteiger partial charge in [0.05, 0.1) is 5.69 Å². The second-order valence-electron chi connectivity index (χ2n) is 5.99. The first kappa shape index (κ1) is 16.5. The van der Waals surface area contributed by atoms with Gasteiger partial charge >= 0.3 is 0 Å². The predicted octanol–water partition coefficient (Wildman–Crippen LogP) is 4.73. The van der Waals surface area contributed by atoms with Gasteiger partial charge in [0.1, 0.15) is 40.5 Å². The summed E-state index contributed by atoms with van der Waals surface area (Å²) in [5.74, 6) is -2.63. The fourth-order valence-corrected chi connectivity index (χ4v) is 2.99. The lowest BCUT2D eigenvalue weighted by Crippen LogP contribution is -2.16. The molecule has 1 aromatic heterocycles. The maximum Gasteiger partial charge on any atom is 0.148 e. The number of halogens is 4. The second kappa shape index (κ2) is 6.40. The van der Waals surface area contributed by atoms with Gasteiger partial charge in [0.25, 0.3) is 0 Å². The molecule has 0 saturated carbocycles. The number of aromatic nitrogens is 2. The number of hydrogen-bond donors (Lipinski definition) is 1. The topological polar surface area (TPSA) is 37.8 Å². The van der Waals surface area contributed by atoms with Crippen LogP contribution in [-0.4, -0.2) is 16.5 Å². The van der Waals surface area contributed by atoms with Gasteiger partial charge in [0.2, 0.25) is 0 Å². The molecule has 0 atom stereocenters. The predicted molar refractivity (Wildman–Crippen MR) is 89.5 cm³/mol. The van der Waals surface area contributed by atoms with Gasteiger partial charge in [-0.3, -0.25) is 0 Å². The van der Waals surface area contributed by atoms with E-state index in [4.69, 9.17) is 0 Å². The molecule has 2 heterocycles. The van der Waals surface area contributed by atoms with E-state index in [1.807, 2.05) is 0 Å². The van der Waals surface area contributed by atoms with Crippen molar-refractivity contribution in [3.05, 3.63) is 65.4 Å². The Hall–Kier alpha value is -2.96. The van der Waals surface area contributed by atoms with Crippen LogP contribution in [0.1, 0.15) is 12.1 Å². The SMILES string of the molecule is Fc1ccc(-c2nc3c(nc2-c2ccc(F)cc2F)NCCC3)c(F)c1. The molecule has 3 nitrogen and oxygen atoms in total. The molecule has 0 spiro atoms. The van der Waals surface area contributed by atoms with Gasteiger partial charge in [-0.2, -0.15) is 0 Å². The van der Waals surface area contributed by atoms with Gasteiger partial charge in [-0.05, 0) is 37.1 Å². The minimum atomic E-state index is -0.834. The summed E-state index contributed by atoms with van der Waals surface area (Å²) in [6.45, 7) is 0.692. The van der Waals surface area contributed by atoms with Crippen molar-refractivity contribution in [1.29, 1.82) is 0 Å². The summed E-state index contributed by atoms with van der Waals surface area (Å²) < 4.78 is 55.3. The highest BCUT2D eigenvalue weighted by atomic mass is 19.1. The normalized spacial score (nSPS) is 13.2. The zero-order valence-electron chi connectivity index (χ0n) is 13.5. The molecule has 0 saturated heterocycles. The van der Waals surface area contributed by atoms with Crippen molar-refractivity contribution in [3.8, 4) is 22.5 Å². The molecule has 1 aliphatic rings. The quantitative estimate of drug-likeness (QED) is 0.673. The van der Waals surface area contributed by atoms with Gasteiger partial charge in [-0.25, -0.2) is 27.5 Å². The molecule has 0 bridgehead atoms. The summed E-state index contributed by atoms with van der Waals surface area (Å²) in [4.78, 5) is 8.88. The smallest absolute Gasteiger partial charge is 0.148 e. The molecule has 3 aromatic rings. The van der Waals surface area contributed by atoms with Crippen molar-refractivity contribution >= 4 is 5.82 Å². The number of hydrogen-bond acceptors (Lipinski definition) is 3. The summed E-state index contributed by atoms with van der Waals surface area (Å²) in [6, 6.07) is 6.13. The molecule has 0 fully saturated rings. The fraction of sp³-hybridized carbons (Fsp3) is 0.158.